The largest absolute Gasteiger partial charge is 0.319 e. The first kappa shape index (κ1) is 12.5. The Morgan fingerprint density at radius 3 is 2.65 bits per heavy atom. The molecule has 0 aliphatic heterocycles. The molecule has 2 aliphatic rings. The van der Waals surface area contributed by atoms with Gasteiger partial charge in [-0.1, -0.05) is 38.1 Å². The monoisotopic (exact) mass is 284 g/mol. The Balaban J connectivity index is 1.89. The summed E-state index contributed by atoms with van der Waals surface area (Å²) in [6.07, 6.45) is 4.49. The van der Waals surface area contributed by atoms with E-state index in [-0.39, 0.29) is 11.0 Å². The molecule has 1 fully saturated rings. The molecule has 0 unspecified atom stereocenters. The van der Waals surface area contributed by atoms with Gasteiger partial charge < -0.3 is 5.73 Å². The Hall–Kier alpha value is -1.19. The highest BCUT2D eigenvalue weighted by Crippen LogP contribution is 2.48. The van der Waals surface area contributed by atoms with Gasteiger partial charge in [-0.05, 0) is 36.7 Å². The fraction of sp³-hybridized carbons (Fsp3) is 0.471. The summed E-state index contributed by atoms with van der Waals surface area (Å²) < 4.78 is 0. The van der Waals surface area contributed by atoms with Crippen LogP contribution in [-0.2, 0) is 17.4 Å². The van der Waals surface area contributed by atoms with Crippen LogP contribution < -0.4 is 5.73 Å². The maximum Gasteiger partial charge on any atom is 0.113 e. The minimum absolute atomic E-state index is 0.138. The highest BCUT2D eigenvalue weighted by Gasteiger charge is 2.40. The van der Waals surface area contributed by atoms with Crippen molar-refractivity contribution in [3.8, 4) is 11.3 Å². The van der Waals surface area contributed by atoms with Crippen molar-refractivity contribution in [3.63, 3.8) is 0 Å². The van der Waals surface area contributed by atoms with E-state index in [1.807, 2.05) is 11.3 Å². The lowest BCUT2D eigenvalue weighted by molar-refractivity contribution is 0.253. The molecule has 2 N–H and O–H groups in total. The molecule has 2 nitrogen and oxygen atoms in total. The van der Waals surface area contributed by atoms with Gasteiger partial charge in [0.25, 0.3) is 0 Å². The Morgan fingerprint density at radius 1 is 1.20 bits per heavy atom. The number of hydrogen-bond acceptors (Lipinski definition) is 3. The van der Waals surface area contributed by atoms with E-state index in [4.69, 9.17) is 10.7 Å². The number of nitrogens with two attached hydrogens (primary N) is 1. The summed E-state index contributed by atoms with van der Waals surface area (Å²) in [5, 5.41) is 1.15. The van der Waals surface area contributed by atoms with Crippen molar-refractivity contribution in [2.24, 2.45) is 5.73 Å². The average molecular weight is 284 g/mol. The first-order valence-corrected chi connectivity index (χ1v) is 8.20. The van der Waals surface area contributed by atoms with E-state index in [1.54, 1.807) is 0 Å². The third kappa shape index (κ3) is 1.63. The molecule has 0 saturated heterocycles. The van der Waals surface area contributed by atoms with Crippen LogP contribution in [0.15, 0.2) is 24.3 Å². The number of nitrogens with zero attached hydrogens (tertiary/aromatic N) is 1. The van der Waals surface area contributed by atoms with E-state index in [0.29, 0.717) is 0 Å². The lowest BCUT2D eigenvalue weighted by Crippen LogP contribution is -2.43. The van der Waals surface area contributed by atoms with Crippen LogP contribution in [0.2, 0.25) is 0 Å². The zero-order valence-corrected chi connectivity index (χ0v) is 12.9. The molecule has 3 heteroatoms. The molecule has 1 saturated carbocycles. The van der Waals surface area contributed by atoms with Gasteiger partial charge in [-0.2, -0.15) is 0 Å². The first-order chi connectivity index (χ1) is 9.50. The Bertz CT molecular complexity index is 680. The normalized spacial score (nSPS) is 21.8. The molecule has 0 bridgehead atoms. The number of hydrogen-bond donors (Lipinski definition) is 1. The summed E-state index contributed by atoms with van der Waals surface area (Å²) in [6.45, 7) is 4.66. The highest BCUT2D eigenvalue weighted by atomic mass is 32.1. The van der Waals surface area contributed by atoms with Crippen molar-refractivity contribution in [2.45, 2.75) is 50.5 Å². The van der Waals surface area contributed by atoms with Gasteiger partial charge in [0.05, 0.1) is 11.2 Å². The van der Waals surface area contributed by atoms with Gasteiger partial charge in [-0.25, -0.2) is 4.98 Å². The zero-order chi connectivity index (χ0) is 14.0. The van der Waals surface area contributed by atoms with Crippen molar-refractivity contribution in [1.29, 1.82) is 0 Å². The molecule has 1 aromatic heterocycles. The van der Waals surface area contributed by atoms with E-state index in [9.17, 15) is 0 Å². The van der Waals surface area contributed by atoms with E-state index in [1.165, 1.54) is 28.1 Å². The summed E-state index contributed by atoms with van der Waals surface area (Å²) in [6, 6.07) is 8.71. The third-order valence-corrected chi connectivity index (χ3v) is 6.16. The molecule has 0 atom stereocenters. The summed E-state index contributed by atoms with van der Waals surface area (Å²) >= 11 is 1.85. The smallest absolute Gasteiger partial charge is 0.113 e. The number of fused-ring (bicyclic) bond motifs is 3. The maximum absolute atomic E-state index is 6.47. The van der Waals surface area contributed by atoms with Crippen molar-refractivity contribution >= 4 is 11.3 Å². The molecule has 20 heavy (non-hydrogen) atoms. The van der Waals surface area contributed by atoms with Crippen molar-refractivity contribution in [2.75, 3.05) is 0 Å². The molecule has 2 aliphatic carbocycles. The minimum Gasteiger partial charge on any atom is -0.319 e. The SMILES string of the molecule is CC1(C)Cc2sc(C3(N)CCC3)nc2-c2ccccc21. The predicted molar refractivity (Wildman–Crippen MR) is 84.0 cm³/mol. The molecule has 0 amide bonds. The van der Waals surface area contributed by atoms with Crippen molar-refractivity contribution in [1.82, 2.24) is 4.98 Å². The third-order valence-electron chi connectivity index (χ3n) is 4.88. The van der Waals surface area contributed by atoms with E-state index in [0.717, 1.165) is 24.3 Å². The number of rotatable bonds is 1. The fourth-order valence-electron chi connectivity index (χ4n) is 3.44. The summed E-state index contributed by atoms with van der Waals surface area (Å²) in [5.41, 5.74) is 10.4. The Kier molecular flexibility index (Phi) is 2.46. The lowest BCUT2D eigenvalue weighted by atomic mass is 9.74. The topological polar surface area (TPSA) is 38.9 Å². The molecule has 2 aromatic rings. The number of thiazole rings is 1. The number of benzene rings is 1. The van der Waals surface area contributed by atoms with E-state index in [2.05, 4.69) is 38.1 Å². The van der Waals surface area contributed by atoms with Crippen LogP contribution in [0.4, 0.5) is 0 Å². The van der Waals surface area contributed by atoms with Gasteiger partial charge >= 0.3 is 0 Å². The Labute approximate surface area is 124 Å². The first-order valence-electron chi connectivity index (χ1n) is 7.39. The molecule has 1 heterocycles. The molecular formula is C17H20N2S. The predicted octanol–water partition coefficient (Wildman–Crippen LogP) is 3.98. The van der Waals surface area contributed by atoms with Gasteiger partial charge in [0.1, 0.15) is 5.01 Å². The van der Waals surface area contributed by atoms with E-state index < -0.39 is 0 Å². The van der Waals surface area contributed by atoms with Crippen molar-refractivity contribution in [3.05, 3.63) is 39.7 Å². The van der Waals surface area contributed by atoms with Crippen LogP contribution in [-0.4, -0.2) is 4.98 Å². The van der Waals surface area contributed by atoms with Gasteiger partial charge in [0, 0.05) is 10.4 Å². The lowest BCUT2D eigenvalue weighted by Gasteiger charge is -2.35. The highest BCUT2D eigenvalue weighted by molar-refractivity contribution is 7.12. The summed E-state index contributed by atoms with van der Waals surface area (Å²) in [4.78, 5) is 6.36. The van der Waals surface area contributed by atoms with Crippen LogP contribution in [0, 0.1) is 0 Å². The fourth-order valence-corrected chi connectivity index (χ4v) is 4.91. The number of aromatic nitrogens is 1. The molecule has 1 aromatic carbocycles. The van der Waals surface area contributed by atoms with Crippen LogP contribution >= 0.6 is 11.3 Å². The Morgan fingerprint density at radius 2 is 1.95 bits per heavy atom. The van der Waals surface area contributed by atoms with Crippen molar-refractivity contribution < 1.29 is 0 Å². The second kappa shape index (κ2) is 3.92. The zero-order valence-electron chi connectivity index (χ0n) is 12.1. The van der Waals surface area contributed by atoms with Gasteiger partial charge in [0.15, 0.2) is 0 Å². The second-order valence-electron chi connectivity index (χ2n) is 6.91. The summed E-state index contributed by atoms with van der Waals surface area (Å²) in [7, 11) is 0. The van der Waals surface area contributed by atoms with Gasteiger partial charge in [-0.15, -0.1) is 11.3 Å². The average Bonchev–Trinajstić information content (AvgIpc) is 2.79. The standard InChI is InChI=1S/C17H20N2S/c1-16(2)10-13-14(11-6-3-4-7-12(11)16)19-15(20-13)17(18)8-5-9-17/h3-4,6-7H,5,8-10,18H2,1-2H3. The van der Waals surface area contributed by atoms with Gasteiger partial charge in [-0.3, -0.25) is 0 Å². The molecule has 4 rings (SSSR count). The van der Waals surface area contributed by atoms with Gasteiger partial charge in [0.2, 0.25) is 0 Å². The summed E-state index contributed by atoms with van der Waals surface area (Å²) in [5.74, 6) is 0. The quantitative estimate of drug-likeness (QED) is 0.860. The van der Waals surface area contributed by atoms with E-state index >= 15 is 0 Å². The minimum atomic E-state index is -0.138. The van der Waals surface area contributed by atoms with Crippen LogP contribution in [0.25, 0.3) is 11.3 Å². The molecule has 104 valence electrons. The maximum atomic E-state index is 6.47. The van der Waals surface area contributed by atoms with Crippen LogP contribution in [0.3, 0.4) is 0 Å². The van der Waals surface area contributed by atoms with Crippen LogP contribution in [0.1, 0.15) is 48.6 Å². The second-order valence-corrected chi connectivity index (χ2v) is 7.99. The van der Waals surface area contributed by atoms with Crippen LogP contribution in [0.5, 0.6) is 0 Å². The molecular weight excluding hydrogens is 264 g/mol. The molecule has 0 radical (unpaired) electrons. The molecule has 0 spiro atoms.